The zero-order valence-electron chi connectivity index (χ0n) is 8.67. The molecule has 78 valence electrons. The highest BCUT2D eigenvalue weighted by Crippen LogP contribution is 2.22. The normalized spacial score (nSPS) is 21.4. The summed E-state index contributed by atoms with van der Waals surface area (Å²) < 4.78 is 5.32. The first-order valence-electron chi connectivity index (χ1n) is 5.01. The second-order valence-electron chi connectivity index (χ2n) is 3.77. The number of ether oxygens (including phenoxy) is 1. The first-order chi connectivity index (χ1) is 6.75. The number of thiazole rings is 1. The predicted molar refractivity (Wildman–Crippen MR) is 59.0 cm³/mol. The van der Waals surface area contributed by atoms with Crippen molar-refractivity contribution >= 4 is 16.5 Å². The van der Waals surface area contributed by atoms with Gasteiger partial charge >= 0.3 is 0 Å². The van der Waals surface area contributed by atoms with E-state index in [0.29, 0.717) is 5.92 Å². The maximum absolute atomic E-state index is 5.32. The van der Waals surface area contributed by atoms with Gasteiger partial charge in [0.25, 0.3) is 0 Å². The minimum Gasteiger partial charge on any atom is -0.381 e. The number of hydrogen-bond donors (Lipinski definition) is 1. The number of nitrogens with zero attached hydrogens (tertiary/aromatic N) is 1. The quantitative estimate of drug-likeness (QED) is 0.834. The molecular weight excluding hydrogens is 196 g/mol. The second-order valence-corrected chi connectivity index (χ2v) is 4.97. The summed E-state index contributed by atoms with van der Waals surface area (Å²) in [6, 6.07) is 0. The number of rotatable bonds is 3. The van der Waals surface area contributed by atoms with Crippen molar-refractivity contribution in [2.45, 2.75) is 20.3 Å². The van der Waals surface area contributed by atoms with E-state index in [1.807, 2.05) is 0 Å². The zero-order valence-corrected chi connectivity index (χ0v) is 9.49. The minimum absolute atomic E-state index is 0.666. The molecule has 0 aromatic carbocycles. The summed E-state index contributed by atoms with van der Waals surface area (Å²) in [5.41, 5.74) is 1.14. The average molecular weight is 212 g/mol. The molecule has 0 aliphatic carbocycles. The Morgan fingerprint density at radius 2 is 2.43 bits per heavy atom. The van der Waals surface area contributed by atoms with E-state index in [0.717, 1.165) is 30.6 Å². The second kappa shape index (κ2) is 4.28. The van der Waals surface area contributed by atoms with E-state index in [4.69, 9.17) is 4.74 Å². The molecule has 1 atom stereocenters. The monoisotopic (exact) mass is 212 g/mol. The van der Waals surface area contributed by atoms with Gasteiger partial charge in [-0.25, -0.2) is 4.98 Å². The molecule has 0 bridgehead atoms. The van der Waals surface area contributed by atoms with E-state index in [9.17, 15) is 0 Å². The molecule has 3 nitrogen and oxygen atoms in total. The number of aryl methyl sites for hydroxylation is 2. The average Bonchev–Trinajstić information content (AvgIpc) is 2.74. The standard InChI is InChI=1S/C10H16N2OS/c1-7-8(2)14-10(12-7)11-5-9-3-4-13-6-9/h9H,3-6H2,1-2H3,(H,11,12). The first-order valence-corrected chi connectivity index (χ1v) is 5.83. The lowest BCUT2D eigenvalue weighted by molar-refractivity contribution is 0.187. The molecule has 2 heterocycles. The van der Waals surface area contributed by atoms with Crippen LogP contribution in [0.5, 0.6) is 0 Å². The fourth-order valence-electron chi connectivity index (χ4n) is 1.52. The van der Waals surface area contributed by atoms with E-state index in [1.54, 1.807) is 11.3 Å². The summed E-state index contributed by atoms with van der Waals surface area (Å²) in [4.78, 5) is 5.74. The molecule has 1 saturated heterocycles. The van der Waals surface area contributed by atoms with Crippen LogP contribution in [0.4, 0.5) is 5.13 Å². The lowest BCUT2D eigenvalue weighted by Crippen LogP contribution is -2.13. The highest BCUT2D eigenvalue weighted by atomic mass is 32.1. The van der Waals surface area contributed by atoms with E-state index in [-0.39, 0.29) is 0 Å². The van der Waals surface area contributed by atoms with Crippen LogP contribution in [0.25, 0.3) is 0 Å². The molecule has 4 heteroatoms. The van der Waals surface area contributed by atoms with Crippen molar-refractivity contribution in [2.75, 3.05) is 25.1 Å². The summed E-state index contributed by atoms with van der Waals surface area (Å²) in [6.07, 6.45) is 1.18. The van der Waals surface area contributed by atoms with Gasteiger partial charge in [-0.1, -0.05) is 0 Å². The van der Waals surface area contributed by atoms with Crippen LogP contribution < -0.4 is 5.32 Å². The Hall–Kier alpha value is -0.610. The van der Waals surface area contributed by atoms with E-state index < -0.39 is 0 Å². The van der Waals surface area contributed by atoms with Crippen LogP contribution in [0, 0.1) is 19.8 Å². The highest BCUT2D eigenvalue weighted by molar-refractivity contribution is 7.15. The fourth-order valence-corrected chi connectivity index (χ4v) is 2.35. The number of hydrogen-bond acceptors (Lipinski definition) is 4. The summed E-state index contributed by atoms with van der Waals surface area (Å²) in [7, 11) is 0. The summed E-state index contributed by atoms with van der Waals surface area (Å²) in [5, 5.41) is 4.42. The third-order valence-electron chi connectivity index (χ3n) is 2.59. The molecule has 2 rings (SSSR count). The van der Waals surface area contributed by atoms with Crippen LogP contribution in [0.15, 0.2) is 0 Å². The molecule has 1 aromatic heterocycles. The Kier molecular flexibility index (Phi) is 3.03. The predicted octanol–water partition coefficient (Wildman–Crippen LogP) is 2.21. The zero-order chi connectivity index (χ0) is 9.97. The van der Waals surface area contributed by atoms with Gasteiger partial charge in [0.15, 0.2) is 5.13 Å². The van der Waals surface area contributed by atoms with Crippen LogP contribution >= 0.6 is 11.3 Å². The topological polar surface area (TPSA) is 34.2 Å². The maximum atomic E-state index is 5.32. The van der Waals surface area contributed by atoms with Crippen molar-refractivity contribution in [1.82, 2.24) is 4.98 Å². The Morgan fingerprint density at radius 1 is 1.57 bits per heavy atom. The Morgan fingerprint density at radius 3 is 3.00 bits per heavy atom. The molecule has 1 aliphatic heterocycles. The van der Waals surface area contributed by atoms with Crippen molar-refractivity contribution in [1.29, 1.82) is 0 Å². The van der Waals surface area contributed by atoms with Gasteiger partial charge in [0.05, 0.1) is 12.3 Å². The molecule has 1 N–H and O–H groups in total. The smallest absolute Gasteiger partial charge is 0.183 e. The molecule has 1 fully saturated rings. The molecule has 0 saturated carbocycles. The van der Waals surface area contributed by atoms with Gasteiger partial charge in [-0.2, -0.15) is 0 Å². The summed E-state index contributed by atoms with van der Waals surface area (Å²) in [5.74, 6) is 0.666. The van der Waals surface area contributed by atoms with Gasteiger partial charge in [0.1, 0.15) is 0 Å². The maximum Gasteiger partial charge on any atom is 0.183 e. The van der Waals surface area contributed by atoms with Crippen LogP contribution in [0.2, 0.25) is 0 Å². The van der Waals surface area contributed by atoms with Gasteiger partial charge in [-0.3, -0.25) is 0 Å². The molecule has 0 spiro atoms. The van der Waals surface area contributed by atoms with E-state index in [2.05, 4.69) is 24.1 Å². The van der Waals surface area contributed by atoms with E-state index in [1.165, 1.54) is 11.3 Å². The van der Waals surface area contributed by atoms with Crippen LogP contribution in [0.3, 0.4) is 0 Å². The fraction of sp³-hybridized carbons (Fsp3) is 0.700. The molecule has 0 radical (unpaired) electrons. The largest absolute Gasteiger partial charge is 0.381 e. The van der Waals surface area contributed by atoms with Crippen molar-refractivity contribution in [3.8, 4) is 0 Å². The first kappa shape index (κ1) is 9.93. The minimum atomic E-state index is 0.666. The van der Waals surface area contributed by atoms with Crippen LogP contribution in [-0.2, 0) is 4.74 Å². The SMILES string of the molecule is Cc1nc(NCC2CCOC2)sc1C. The Balaban J connectivity index is 1.85. The van der Waals surface area contributed by atoms with Crippen molar-refractivity contribution < 1.29 is 4.74 Å². The molecule has 0 amide bonds. The number of nitrogens with one attached hydrogen (secondary N) is 1. The van der Waals surface area contributed by atoms with Gasteiger partial charge < -0.3 is 10.1 Å². The van der Waals surface area contributed by atoms with Crippen molar-refractivity contribution in [3.63, 3.8) is 0 Å². The third-order valence-corrected chi connectivity index (χ3v) is 3.63. The molecule has 1 aromatic rings. The van der Waals surface area contributed by atoms with E-state index >= 15 is 0 Å². The summed E-state index contributed by atoms with van der Waals surface area (Å²) in [6.45, 7) is 6.97. The van der Waals surface area contributed by atoms with Gasteiger partial charge in [-0.05, 0) is 20.3 Å². The summed E-state index contributed by atoms with van der Waals surface area (Å²) >= 11 is 1.73. The van der Waals surface area contributed by atoms with Crippen molar-refractivity contribution in [2.24, 2.45) is 5.92 Å². The van der Waals surface area contributed by atoms with Crippen molar-refractivity contribution in [3.05, 3.63) is 10.6 Å². The lowest BCUT2D eigenvalue weighted by atomic mass is 10.1. The van der Waals surface area contributed by atoms with Crippen LogP contribution in [0.1, 0.15) is 17.0 Å². The molecular formula is C10H16N2OS. The van der Waals surface area contributed by atoms with Gasteiger partial charge in [0, 0.05) is 23.9 Å². The molecule has 1 aliphatic rings. The Labute approximate surface area is 88.5 Å². The third kappa shape index (κ3) is 2.25. The highest BCUT2D eigenvalue weighted by Gasteiger charge is 2.15. The van der Waals surface area contributed by atoms with Gasteiger partial charge in [0.2, 0.25) is 0 Å². The van der Waals surface area contributed by atoms with Gasteiger partial charge in [-0.15, -0.1) is 11.3 Å². The number of aromatic nitrogens is 1. The lowest BCUT2D eigenvalue weighted by Gasteiger charge is -2.07. The molecule has 1 unspecified atom stereocenters. The number of anilines is 1. The van der Waals surface area contributed by atoms with Crippen LogP contribution in [-0.4, -0.2) is 24.7 Å². The Bertz CT molecular complexity index is 286. The molecule has 14 heavy (non-hydrogen) atoms.